The quantitative estimate of drug-likeness (QED) is 0.394. The Morgan fingerprint density at radius 1 is 0.839 bits per heavy atom. The Bertz CT molecular complexity index is 1410. The number of halogens is 4. The van der Waals surface area contributed by atoms with Crippen molar-refractivity contribution in [1.82, 2.24) is 9.24 Å². The van der Waals surface area contributed by atoms with Crippen LogP contribution in [0.2, 0.25) is 0 Å². The summed E-state index contributed by atoms with van der Waals surface area (Å²) in [5.74, 6) is -5.10. The van der Waals surface area contributed by atoms with Gasteiger partial charge in [0.15, 0.2) is 17.5 Å². The molecule has 0 aliphatic carbocycles. The average Bonchev–Trinajstić information content (AvgIpc) is 2.73. The molecule has 0 bridgehead atoms. The van der Waals surface area contributed by atoms with Crippen LogP contribution in [0.15, 0.2) is 70.4 Å². The lowest BCUT2D eigenvalue weighted by molar-refractivity contribution is 0.446. The van der Waals surface area contributed by atoms with Gasteiger partial charge in [-0.15, -0.1) is 0 Å². The summed E-state index contributed by atoms with van der Waals surface area (Å²) in [6.45, 7) is 1.75. The Balaban J connectivity index is 1.71. The molecule has 4 aromatic rings. The van der Waals surface area contributed by atoms with Crippen molar-refractivity contribution in [2.75, 3.05) is 5.43 Å². The van der Waals surface area contributed by atoms with E-state index in [4.69, 9.17) is 0 Å². The van der Waals surface area contributed by atoms with E-state index in [1.165, 1.54) is 18.3 Å². The highest BCUT2D eigenvalue weighted by molar-refractivity contribution is 5.83. The molecule has 9 heteroatoms. The van der Waals surface area contributed by atoms with E-state index in [0.717, 1.165) is 21.7 Å². The Morgan fingerprint density at radius 2 is 1.48 bits per heavy atom. The molecule has 5 nitrogen and oxygen atoms in total. The molecule has 31 heavy (non-hydrogen) atoms. The fourth-order valence-electron chi connectivity index (χ4n) is 3.27. The first-order valence-electron chi connectivity index (χ1n) is 9.20. The second kappa shape index (κ2) is 7.75. The molecule has 1 atom stereocenters. The Hall–Kier alpha value is -3.88. The molecule has 4 rings (SSSR count). The smallest absolute Gasteiger partial charge is 0.315 e. The van der Waals surface area contributed by atoms with Crippen molar-refractivity contribution in [2.24, 2.45) is 0 Å². The van der Waals surface area contributed by atoms with Gasteiger partial charge in [0.05, 0.1) is 11.7 Å². The molecule has 1 heterocycles. The Kier molecular flexibility index (Phi) is 5.10. The summed E-state index contributed by atoms with van der Waals surface area (Å²) in [6.07, 6.45) is 1.18. The molecule has 0 saturated heterocycles. The third-order valence-electron chi connectivity index (χ3n) is 4.87. The van der Waals surface area contributed by atoms with Crippen LogP contribution in [-0.4, -0.2) is 9.24 Å². The zero-order valence-corrected chi connectivity index (χ0v) is 16.1. The van der Waals surface area contributed by atoms with Crippen molar-refractivity contribution in [2.45, 2.75) is 13.0 Å². The van der Waals surface area contributed by atoms with Gasteiger partial charge in [-0.1, -0.05) is 18.2 Å². The van der Waals surface area contributed by atoms with Crippen LogP contribution in [0.3, 0.4) is 0 Å². The highest BCUT2D eigenvalue weighted by Crippen LogP contribution is 2.22. The number of fused-ring (bicyclic) bond motifs is 1. The van der Waals surface area contributed by atoms with Crippen LogP contribution in [0.25, 0.3) is 16.5 Å². The van der Waals surface area contributed by atoms with Crippen LogP contribution in [0.1, 0.15) is 18.5 Å². The van der Waals surface area contributed by atoms with E-state index in [-0.39, 0.29) is 5.82 Å². The normalized spacial score (nSPS) is 12.2. The molecule has 0 spiro atoms. The summed E-state index contributed by atoms with van der Waals surface area (Å²) < 4.78 is 55.3. The molecule has 0 saturated carbocycles. The lowest BCUT2D eigenvalue weighted by Gasteiger charge is -2.19. The molecule has 1 aromatic heterocycles. The Labute approximate surface area is 172 Å². The number of hydrogen-bond acceptors (Lipinski definition) is 3. The number of hydrogen-bond donors (Lipinski definition) is 1. The highest BCUT2D eigenvalue weighted by Gasteiger charge is 2.16. The van der Waals surface area contributed by atoms with Crippen LogP contribution in [0.5, 0.6) is 0 Å². The maximum atomic E-state index is 13.6. The second-order valence-electron chi connectivity index (χ2n) is 6.97. The Morgan fingerprint density at radius 3 is 2.19 bits per heavy atom. The van der Waals surface area contributed by atoms with Crippen LogP contribution in [-0.2, 0) is 0 Å². The molecular formula is C22H15F4N3O2. The third kappa shape index (κ3) is 3.81. The topological polar surface area (TPSA) is 56.0 Å². The fraction of sp³-hybridized carbons (Fsp3) is 0.0909. The maximum absolute atomic E-state index is 13.6. The first-order chi connectivity index (χ1) is 14.7. The van der Waals surface area contributed by atoms with Gasteiger partial charge in [0, 0.05) is 24.4 Å². The zero-order valence-electron chi connectivity index (χ0n) is 16.1. The van der Waals surface area contributed by atoms with E-state index in [1.54, 1.807) is 25.1 Å². The first-order valence-corrected chi connectivity index (χ1v) is 9.20. The van der Waals surface area contributed by atoms with Gasteiger partial charge in [0.2, 0.25) is 0 Å². The van der Waals surface area contributed by atoms with Crippen molar-refractivity contribution >= 4 is 10.8 Å². The third-order valence-corrected chi connectivity index (χ3v) is 4.87. The zero-order chi connectivity index (χ0) is 22.3. The highest BCUT2D eigenvalue weighted by atomic mass is 19.2. The van der Waals surface area contributed by atoms with E-state index in [1.807, 2.05) is 6.07 Å². The summed E-state index contributed by atoms with van der Waals surface area (Å²) >= 11 is 0. The number of rotatable bonds is 4. The predicted molar refractivity (Wildman–Crippen MR) is 108 cm³/mol. The molecule has 0 aliphatic rings. The molecule has 158 valence electrons. The van der Waals surface area contributed by atoms with Crippen LogP contribution < -0.4 is 16.7 Å². The summed E-state index contributed by atoms with van der Waals surface area (Å²) in [6, 6.07) is 11.4. The number of nitrogens with zero attached hydrogens (tertiary/aromatic N) is 2. The van der Waals surface area contributed by atoms with Crippen LogP contribution >= 0.6 is 0 Å². The van der Waals surface area contributed by atoms with E-state index < -0.39 is 40.4 Å². The van der Waals surface area contributed by atoms with Gasteiger partial charge in [-0.25, -0.2) is 31.6 Å². The lowest BCUT2D eigenvalue weighted by Crippen LogP contribution is -2.42. The van der Waals surface area contributed by atoms with Gasteiger partial charge in [-0.05, 0) is 41.5 Å². The summed E-state index contributed by atoms with van der Waals surface area (Å²) in [5, 5.41) is 1.50. The van der Waals surface area contributed by atoms with Crippen molar-refractivity contribution in [1.29, 1.82) is 0 Å². The molecule has 0 fully saturated rings. The monoisotopic (exact) mass is 429 g/mol. The van der Waals surface area contributed by atoms with Gasteiger partial charge in [0.1, 0.15) is 5.82 Å². The fourth-order valence-corrected chi connectivity index (χ4v) is 3.27. The van der Waals surface area contributed by atoms with Gasteiger partial charge >= 0.3 is 5.69 Å². The molecule has 0 radical (unpaired) electrons. The van der Waals surface area contributed by atoms with Gasteiger partial charge < -0.3 is 5.43 Å². The van der Waals surface area contributed by atoms with Crippen molar-refractivity contribution in [3.05, 3.63) is 110 Å². The van der Waals surface area contributed by atoms with Gasteiger partial charge in [0.25, 0.3) is 5.56 Å². The molecule has 1 unspecified atom stereocenters. The first kappa shape index (κ1) is 20.4. The molecule has 1 N–H and O–H groups in total. The predicted octanol–water partition coefficient (Wildman–Crippen LogP) is 4.01. The SMILES string of the molecule is CC(Nn1ccc(=O)n(-c2cc(F)c(F)c(F)c2)c1=O)c1ccc2cc(F)ccc2c1. The van der Waals surface area contributed by atoms with Crippen molar-refractivity contribution in [3.63, 3.8) is 0 Å². The molecule has 0 amide bonds. The molecule has 3 aromatic carbocycles. The van der Waals surface area contributed by atoms with E-state index in [2.05, 4.69) is 5.43 Å². The molecular weight excluding hydrogens is 414 g/mol. The van der Waals surface area contributed by atoms with Crippen LogP contribution in [0.4, 0.5) is 17.6 Å². The lowest BCUT2D eigenvalue weighted by atomic mass is 10.0. The van der Waals surface area contributed by atoms with Crippen molar-refractivity contribution < 1.29 is 17.6 Å². The van der Waals surface area contributed by atoms with E-state index in [9.17, 15) is 27.2 Å². The van der Waals surface area contributed by atoms with E-state index in [0.29, 0.717) is 22.1 Å². The van der Waals surface area contributed by atoms with Crippen molar-refractivity contribution in [3.8, 4) is 5.69 Å². The van der Waals surface area contributed by atoms with Gasteiger partial charge in [-0.2, -0.15) is 0 Å². The number of benzene rings is 3. The standard InChI is InChI=1S/C22H15F4N3O2/c1-12(13-2-3-15-9-16(23)5-4-14(15)8-13)27-28-7-6-20(30)29(22(28)31)17-10-18(24)21(26)19(25)11-17/h2-12,27H,1H3. The number of aromatic nitrogens is 2. The second-order valence-corrected chi connectivity index (χ2v) is 6.97. The maximum Gasteiger partial charge on any atom is 0.354 e. The summed E-state index contributed by atoms with van der Waals surface area (Å²) in [5.41, 5.74) is 1.45. The average molecular weight is 429 g/mol. The minimum absolute atomic E-state index is 0.353. The minimum Gasteiger partial charge on any atom is -0.315 e. The van der Waals surface area contributed by atoms with Gasteiger partial charge in [-0.3, -0.25) is 4.79 Å². The summed E-state index contributed by atoms with van der Waals surface area (Å²) in [7, 11) is 0. The largest absolute Gasteiger partial charge is 0.354 e. The number of nitrogens with one attached hydrogen (secondary N) is 1. The van der Waals surface area contributed by atoms with E-state index >= 15 is 0 Å². The van der Waals surface area contributed by atoms with Crippen LogP contribution in [0, 0.1) is 23.3 Å². The molecule has 0 aliphatic heterocycles. The minimum atomic E-state index is -1.70. The summed E-state index contributed by atoms with van der Waals surface area (Å²) in [4.78, 5) is 25.0.